The number of benzene rings is 2. The van der Waals surface area contributed by atoms with Crippen LogP contribution in [0.2, 0.25) is 0 Å². The molecule has 1 aromatic heterocycles. The van der Waals surface area contributed by atoms with Gasteiger partial charge >= 0.3 is 0 Å². The van der Waals surface area contributed by atoms with Crippen LogP contribution in [0, 0.1) is 10.1 Å². The van der Waals surface area contributed by atoms with Gasteiger partial charge in [-0.15, -0.1) is 0 Å². The van der Waals surface area contributed by atoms with Crippen molar-refractivity contribution in [3.05, 3.63) is 76.0 Å². The molecule has 0 aliphatic heterocycles. The third kappa shape index (κ3) is 2.65. The lowest BCUT2D eigenvalue weighted by Crippen LogP contribution is -1.99. The zero-order valence-electron chi connectivity index (χ0n) is 11.8. The van der Waals surface area contributed by atoms with E-state index in [2.05, 4.69) is 29.8 Å². The van der Waals surface area contributed by atoms with E-state index in [0.717, 1.165) is 18.4 Å². The van der Waals surface area contributed by atoms with E-state index in [-0.39, 0.29) is 10.6 Å². The Balaban J connectivity index is 1.77. The monoisotopic (exact) mass is 280 g/mol. The minimum absolute atomic E-state index is 0.142. The summed E-state index contributed by atoms with van der Waals surface area (Å²) in [4.78, 5) is 10.3. The van der Waals surface area contributed by atoms with E-state index in [0.29, 0.717) is 0 Å². The molecule has 0 radical (unpaired) electrons. The normalized spacial score (nSPS) is 10.9. The van der Waals surface area contributed by atoms with E-state index >= 15 is 0 Å². The Hall–Kier alpha value is -2.62. The molecule has 1 heterocycles. The van der Waals surface area contributed by atoms with Gasteiger partial charge in [0.05, 0.1) is 4.92 Å². The van der Waals surface area contributed by atoms with Crippen LogP contribution in [0.15, 0.2) is 54.6 Å². The number of hydrogen-bond acceptors (Lipinski definition) is 2. The highest BCUT2D eigenvalue weighted by Gasteiger charge is 2.07. The van der Waals surface area contributed by atoms with Gasteiger partial charge in [-0.2, -0.15) is 0 Å². The Kier molecular flexibility index (Phi) is 3.44. The lowest BCUT2D eigenvalue weighted by molar-refractivity contribution is -0.384. The molecule has 0 spiro atoms. The molecule has 0 N–H and O–H groups in total. The largest absolute Gasteiger partial charge is 0.348 e. The number of fused-ring (bicyclic) bond motifs is 1. The molecular weight excluding hydrogens is 264 g/mol. The quantitative estimate of drug-likeness (QED) is 0.538. The molecule has 0 fully saturated rings. The smallest absolute Gasteiger partial charge is 0.269 e. The first-order chi connectivity index (χ1) is 10.1. The maximum absolute atomic E-state index is 10.6. The number of aryl methyl sites for hydroxylation is 3. The topological polar surface area (TPSA) is 48.1 Å². The molecule has 0 unspecified atom stereocenters. The van der Waals surface area contributed by atoms with Crippen LogP contribution in [0.5, 0.6) is 0 Å². The summed E-state index contributed by atoms with van der Waals surface area (Å²) in [5.74, 6) is 0. The Morgan fingerprint density at radius 2 is 1.76 bits per heavy atom. The van der Waals surface area contributed by atoms with Crippen LogP contribution < -0.4 is 0 Å². The Bertz CT molecular complexity index is 788. The van der Waals surface area contributed by atoms with E-state index in [1.807, 2.05) is 24.3 Å². The maximum Gasteiger partial charge on any atom is 0.269 e. The number of nitrogens with zero attached hydrogens (tertiary/aromatic N) is 2. The fourth-order valence-corrected chi connectivity index (χ4v) is 2.64. The van der Waals surface area contributed by atoms with Gasteiger partial charge in [0.15, 0.2) is 0 Å². The number of para-hydroxylation sites is 1. The van der Waals surface area contributed by atoms with Crippen molar-refractivity contribution < 1.29 is 4.92 Å². The molecule has 2 aromatic carbocycles. The molecule has 0 bridgehead atoms. The Morgan fingerprint density at radius 3 is 2.43 bits per heavy atom. The summed E-state index contributed by atoms with van der Waals surface area (Å²) in [5.41, 5.74) is 3.76. The standard InChI is InChI=1S/C17H16N2O2/c1-18-16(12-14-4-2-3-5-17(14)18)11-8-13-6-9-15(10-7-13)19(20)21/h2-7,9-10,12H,8,11H2,1H3. The van der Waals surface area contributed by atoms with Gasteiger partial charge in [0.1, 0.15) is 0 Å². The van der Waals surface area contributed by atoms with Gasteiger partial charge in [0, 0.05) is 30.4 Å². The van der Waals surface area contributed by atoms with Gasteiger partial charge in [-0.25, -0.2) is 0 Å². The minimum atomic E-state index is -0.367. The van der Waals surface area contributed by atoms with Crippen LogP contribution in [0.3, 0.4) is 0 Å². The molecule has 3 aromatic rings. The molecule has 0 saturated heterocycles. The zero-order chi connectivity index (χ0) is 14.8. The SMILES string of the molecule is Cn1c(CCc2ccc([N+](=O)[O-])cc2)cc2ccccc21. The second-order valence-corrected chi connectivity index (χ2v) is 5.18. The van der Waals surface area contributed by atoms with E-state index in [9.17, 15) is 10.1 Å². The van der Waals surface area contributed by atoms with Crippen molar-refractivity contribution in [1.82, 2.24) is 4.57 Å². The molecule has 106 valence electrons. The summed E-state index contributed by atoms with van der Waals surface area (Å²) in [6.07, 6.45) is 1.80. The van der Waals surface area contributed by atoms with Gasteiger partial charge < -0.3 is 4.57 Å². The summed E-state index contributed by atoms with van der Waals surface area (Å²) in [7, 11) is 2.08. The predicted octanol–water partition coefficient (Wildman–Crippen LogP) is 3.87. The summed E-state index contributed by atoms with van der Waals surface area (Å²) >= 11 is 0. The van der Waals surface area contributed by atoms with Crippen molar-refractivity contribution in [2.75, 3.05) is 0 Å². The van der Waals surface area contributed by atoms with Crippen LogP contribution in [-0.4, -0.2) is 9.49 Å². The van der Waals surface area contributed by atoms with Crippen molar-refractivity contribution in [2.45, 2.75) is 12.8 Å². The summed E-state index contributed by atoms with van der Waals surface area (Å²) < 4.78 is 2.21. The molecule has 21 heavy (non-hydrogen) atoms. The van der Waals surface area contributed by atoms with Crippen LogP contribution in [-0.2, 0) is 19.9 Å². The summed E-state index contributed by atoms with van der Waals surface area (Å²) in [6, 6.07) is 17.3. The van der Waals surface area contributed by atoms with E-state index in [4.69, 9.17) is 0 Å². The first-order valence-electron chi connectivity index (χ1n) is 6.92. The lowest BCUT2D eigenvalue weighted by Gasteiger charge is -2.04. The average Bonchev–Trinajstić information content (AvgIpc) is 2.82. The summed E-state index contributed by atoms with van der Waals surface area (Å²) in [5, 5.41) is 11.9. The van der Waals surface area contributed by atoms with Gasteiger partial charge in [0.2, 0.25) is 0 Å². The highest BCUT2D eigenvalue weighted by atomic mass is 16.6. The zero-order valence-corrected chi connectivity index (χ0v) is 11.8. The minimum Gasteiger partial charge on any atom is -0.348 e. The highest BCUT2D eigenvalue weighted by molar-refractivity contribution is 5.81. The fraction of sp³-hybridized carbons (Fsp3) is 0.176. The van der Waals surface area contributed by atoms with Gasteiger partial charge in [-0.1, -0.05) is 30.3 Å². The van der Waals surface area contributed by atoms with E-state index in [1.54, 1.807) is 12.1 Å². The van der Waals surface area contributed by atoms with Gasteiger partial charge in [0.25, 0.3) is 5.69 Å². The number of aromatic nitrogens is 1. The number of nitro groups is 1. The second kappa shape index (κ2) is 5.40. The molecule has 4 nitrogen and oxygen atoms in total. The summed E-state index contributed by atoms with van der Waals surface area (Å²) in [6.45, 7) is 0. The molecule has 3 rings (SSSR count). The molecule has 0 aliphatic rings. The predicted molar refractivity (Wildman–Crippen MR) is 83.4 cm³/mol. The number of hydrogen-bond donors (Lipinski definition) is 0. The third-order valence-corrected chi connectivity index (χ3v) is 3.87. The molecular formula is C17H16N2O2. The molecule has 0 atom stereocenters. The first-order valence-corrected chi connectivity index (χ1v) is 6.92. The lowest BCUT2D eigenvalue weighted by atomic mass is 10.1. The number of non-ortho nitro benzene ring substituents is 1. The maximum atomic E-state index is 10.6. The van der Waals surface area contributed by atoms with Crippen molar-refractivity contribution in [1.29, 1.82) is 0 Å². The first kappa shape index (κ1) is 13.4. The molecule has 0 aliphatic carbocycles. The van der Waals surface area contributed by atoms with Crippen molar-refractivity contribution in [2.24, 2.45) is 7.05 Å². The fourth-order valence-electron chi connectivity index (χ4n) is 2.64. The van der Waals surface area contributed by atoms with E-state index < -0.39 is 0 Å². The van der Waals surface area contributed by atoms with Gasteiger partial charge in [-0.3, -0.25) is 10.1 Å². The molecule has 0 saturated carbocycles. The second-order valence-electron chi connectivity index (χ2n) is 5.18. The van der Waals surface area contributed by atoms with Gasteiger partial charge in [-0.05, 0) is 35.9 Å². The Labute approximate surface area is 122 Å². The van der Waals surface area contributed by atoms with Crippen molar-refractivity contribution in [3.8, 4) is 0 Å². The van der Waals surface area contributed by atoms with Crippen LogP contribution in [0.4, 0.5) is 5.69 Å². The van der Waals surface area contributed by atoms with Crippen LogP contribution in [0.1, 0.15) is 11.3 Å². The van der Waals surface area contributed by atoms with E-state index in [1.165, 1.54) is 16.6 Å². The van der Waals surface area contributed by atoms with Crippen LogP contribution >= 0.6 is 0 Å². The average molecular weight is 280 g/mol. The number of rotatable bonds is 4. The van der Waals surface area contributed by atoms with Crippen molar-refractivity contribution in [3.63, 3.8) is 0 Å². The highest BCUT2D eigenvalue weighted by Crippen LogP contribution is 2.20. The van der Waals surface area contributed by atoms with Crippen LogP contribution in [0.25, 0.3) is 10.9 Å². The Morgan fingerprint density at radius 1 is 1.05 bits per heavy atom. The number of nitro benzene ring substituents is 1. The molecule has 4 heteroatoms. The molecule has 0 amide bonds. The van der Waals surface area contributed by atoms with Crippen molar-refractivity contribution >= 4 is 16.6 Å². The third-order valence-electron chi connectivity index (χ3n) is 3.87.